The summed E-state index contributed by atoms with van der Waals surface area (Å²) in [5, 5.41) is 28.0. The highest BCUT2D eigenvalue weighted by molar-refractivity contribution is 14.1. The molecule has 104 valence electrons. The molecule has 0 bridgehead atoms. The van der Waals surface area contributed by atoms with Crippen molar-refractivity contribution in [2.45, 2.75) is 24.5 Å². The third kappa shape index (κ3) is 2.43. The minimum atomic E-state index is -1.67. The summed E-state index contributed by atoms with van der Waals surface area (Å²) in [5.74, 6) is -1.46. The first-order valence-corrected chi connectivity index (χ1v) is 6.16. The number of H-pyrrole nitrogens is 1. The summed E-state index contributed by atoms with van der Waals surface area (Å²) in [6.45, 7) is 0. The fraction of sp³-hybridized carbons (Fsp3) is 0.444. The average Bonchev–Trinajstić information content (AvgIpc) is 2.62. The highest BCUT2D eigenvalue weighted by Gasteiger charge is 2.47. The van der Waals surface area contributed by atoms with E-state index >= 15 is 0 Å². The van der Waals surface area contributed by atoms with E-state index in [0.29, 0.717) is 0 Å². The first kappa shape index (κ1) is 14.2. The summed E-state index contributed by atoms with van der Waals surface area (Å²) in [7, 11) is 0. The third-order valence-corrected chi connectivity index (χ3v) is 3.45. The summed E-state index contributed by atoms with van der Waals surface area (Å²) >= 11 is 1.66. The number of nitrogens with zero attached hydrogens (tertiary/aromatic N) is 1. The Labute approximate surface area is 118 Å². The van der Waals surface area contributed by atoms with Gasteiger partial charge in [-0.05, 0) is 22.6 Å². The van der Waals surface area contributed by atoms with E-state index in [1.165, 1.54) is 0 Å². The van der Waals surface area contributed by atoms with Gasteiger partial charge in [0.05, 0.1) is 3.57 Å². The minimum absolute atomic E-state index is 0.154. The number of aromatic amines is 1. The fourth-order valence-electron chi connectivity index (χ4n) is 1.74. The van der Waals surface area contributed by atoms with Gasteiger partial charge in [-0.15, -0.1) is 0 Å². The van der Waals surface area contributed by atoms with Gasteiger partial charge in [-0.1, -0.05) is 0 Å². The standard InChI is InChI=1S/C9H9IN2O7/c10-2-1-12(9(18)11-6(2)15)7-4(14)3(13)5(19-7)8(16)17/h1,3-5,7,13-14H,(H,16,17)(H,11,15,18)/t3-,4+,5-,7+/m0/s1. The second kappa shape index (κ2) is 5.03. The van der Waals surface area contributed by atoms with E-state index in [9.17, 15) is 24.6 Å². The maximum absolute atomic E-state index is 11.6. The molecule has 1 saturated heterocycles. The van der Waals surface area contributed by atoms with Gasteiger partial charge in [0, 0.05) is 6.20 Å². The van der Waals surface area contributed by atoms with E-state index in [2.05, 4.69) is 0 Å². The fourth-order valence-corrected chi connectivity index (χ4v) is 2.18. The Morgan fingerprint density at radius 2 is 2.00 bits per heavy atom. The van der Waals surface area contributed by atoms with Crippen LogP contribution in [0.2, 0.25) is 0 Å². The van der Waals surface area contributed by atoms with E-state index in [1.54, 1.807) is 22.6 Å². The van der Waals surface area contributed by atoms with E-state index < -0.39 is 41.8 Å². The number of halogens is 1. The zero-order chi connectivity index (χ0) is 14.3. The molecule has 0 aromatic carbocycles. The van der Waals surface area contributed by atoms with Crippen molar-refractivity contribution in [1.29, 1.82) is 0 Å². The van der Waals surface area contributed by atoms with Gasteiger partial charge in [0.15, 0.2) is 12.3 Å². The average molecular weight is 384 g/mol. The minimum Gasteiger partial charge on any atom is -0.479 e. The Kier molecular flexibility index (Phi) is 3.75. The molecule has 9 nitrogen and oxygen atoms in total. The van der Waals surface area contributed by atoms with Crippen LogP contribution >= 0.6 is 22.6 Å². The van der Waals surface area contributed by atoms with Crippen LogP contribution < -0.4 is 11.2 Å². The van der Waals surface area contributed by atoms with Gasteiger partial charge in [-0.25, -0.2) is 9.59 Å². The van der Waals surface area contributed by atoms with Crippen LogP contribution in [0.15, 0.2) is 15.8 Å². The molecule has 1 aromatic rings. The second-order valence-electron chi connectivity index (χ2n) is 3.91. The first-order chi connectivity index (χ1) is 8.82. The van der Waals surface area contributed by atoms with Crippen LogP contribution in [-0.4, -0.2) is 49.2 Å². The molecule has 0 amide bonds. The maximum Gasteiger partial charge on any atom is 0.335 e. The summed E-state index contributed by atoms with van der Waals surface area (Å²) in [5.41, 5.74) is -1.47. The monoisotopic (exact) mass is 384 g/mol. The van der Waals surface area contributed by atoms with E-state index in [0.717, 1.165) is 10.8 Å². The molecule has 2 heterocycles. The molecule has 1 fully saturated rings. The largest absolute Gasteiger partial charge is 0.479 e. The van der Waals surface area contributed by atoms with Crippen LogP contribution in [0.3, 0.4) is 0 Å². The Bertz CT molecular complexity index is 624. The molecule has 1 aromatic heterocycles. The normalized spacial score (nSPS) is 30.5. The number of carbonyl (C=O) groups is 1. The van der Waals surface area contributed by atoms with Crippen molar-refractivity contribution in [3.63, 3.8) is 0 Å². The molecule has 1 aliphatic rings. The predicted octanol–water partition coefficient (Wildman–Crippen LogP) is -2.15. The van der Waals surface area contributed by atoms with Gasteiger partial charge < -0.3 is 20.1 Å². The SMILES string of the molecule is O=C(O)[C@H]1O[C@@H](n2cc(I)c(=O)[nH]c2=O)[C@H](O)[C@@H]1O. The molecule has 0 saturated carbocycles. The number of aromatic nitrogens is 2. The van der Waals surface area contributed by atoms with E-state index in [4.69, 9.17) is 9.84 Å². The molecule has 0 aliphatic carbocycles. The van der Waals surface area contributed by atoms with Crippen molar-refractivity contribution in [2.24, 2.45) is 0 Å². The van der Waals surface area contributed by atoms with Crippen LogP contribution in [0.5, 0.6) is 0 Å². The number of hydrogen-bond acceptors (Lipinski definition) is 6. The summed E-state index contributed by atoms with van der Waals surface area (Å²) in [6.07, 6.45) is -5.17. The van der Waals surface area contributed by atoms with Gasteiger partial charge in [0.2, 0.25) is 0 Å². The number of hydrogen-bond donors (Lipinski definition) is 4. The topological polar surface area (TPSA) is 142 Å². The molecular weight excluding hydrogens is 375 g/mol. The second-order valence-corrected chi connectivity index (χ2v) is 5.07. The highest BCUT2D eigenvalue weighted by Crippen LogP contribution is 2.28. The maximum atomic E-state index is 11.6. The lowest BCUT2D eigenvalue weighted by atomic mass is 10.1. The smallest absolute Gasteiger partial charge is 0.335 e. The summed E-state index contributed by atoms with van der Waals surface area (Å²) in [6, 6.07) is 0. The highest BCUT2D eigenvalue weighted by atomic mass is 127. The van der Waals surface area contributed by atoms with Gasteiger partial charge in [-0.3, -0.25) is 14.3 Å². The van der Waals surface area contributed by atoms with Crippen LogP contribution in [0.4, 0.5) is 0 Å². The van der Waals surface area contributed by atoms with Gasteiger partial charge >= 0.3 is 11.7 Å². The Balaban J connectivity index is 2.44. The molecule has 10 heteroatoms. The Morgan fingerprint density at radius 1 is 1.37 bits per heavy atom. The zero-order valence-electron chi connectivity index (χ0n) is 9.19. The number of nitrogens with one attached hydrogen (secondary N) is 1. The quantitative estimate of drug-likeness (QED) is 0.426. The number of aliphatic hydroxyl groups excluding tert-OH is 2. The Hall–Kier alpha value is -1.24. The van der Waals surface area contributed by atoms with E-state index in [-0.39, 0.29) is 3.57 Å². The number of carboxylic acid groups (broad SMARTS) is 1. The number of ether oxygens (including phenoxy) is 1. The first-order valence-electron chi connectivity index (χ1n) is 5.08. The van der Waals surface area contributed by atoms with Crippen molar-refractivity contribution >= 4 is 28.6 Å². The van der Waals surface area contributed by atoms with E-state index in [1.807, 2.05) is 4.98 Å². The number of aliphatic hydroxyl groups is 2. The lowest BCUT2D eigenvalue weighted by molar-refractivity contribution is -0.155. The number of rotatable bonds is 2. The van der Waals surface area contributed by atoms with Gasteiger partial charge in [0.1, 0.15) is 12.2 Å². The van der Waals surface area contributed by atoms with Crippen LogP contribution in [0.1, 0.15) is 6.23 Å². The molecular formula is C9H9IN2O7. The molecule has 0 unspecified atom stereocenters. The third-order valence-electron chi connectivity index (χ3n) is 2.68. The van der Waals surface area contributed by atoms with Crippen molar-refractivity contribution in [3.8, 4) is 0 Å². The number of aliphatic carboxylic acids is 1. The van der Waals surface area contributed by atoms with Gasteiger partial charge in [-0.2, -0.15) is 0 Å². The van der Waals surface area contributed by atoms with Crippen molar-refractivity contribution in [1.82, 2.24) is 9.55 Å². The molecule has 2 rings (SSSR count). The lowest BCUT2D eigenvalue weighted by Gasteiger charge is -2.16. The van der Waals surface area contributed by atoms with Crippen LogP contribution in [0.25, 0.3) is 0 Å². The molecule has 1 aliphatic heterocycles. The number of carboxylic acids is 1. The van der Waals surface area contributed by atoms with Crippen LogP contribution in [-0.2, 0) is 9.53 Å². The molecule has 4 atom stereocenters. The summed E-state index contributed by atoms with van der Waals surface area (Å²) in [4.78, 5) is 35.6. The van der Waals surface area contributed by atoms with Crippen molar-refractivity contribution < 1.29 is 24.9 Å². The van der Waals surface area contributed by atoms with Crippen molar-refractivity contribution in [2.75, 3.05) is 0 Å². The Morgan fingerprint density at radius 3 is 2.53 bits per heavy atom. The molecule has 4 N–H and O–H groups in total. The lowest BCUT2D eigenvalue weighted by Crippen LogP contribution is -2.39. The zero-order valence-corrected chi connectivity index (χ0v) is 11.3. The molecule has 19 heavy (non-hydrogen) atoms. The molecule has 0 radical (unpaired) electrons. The summed E-state index contributed by atoms with van der Waals surface area (Å²) < 4.78 is 5.93. The van der Waals surface area contributed by atoms with Gasteiger partial charge in [0.25, 0.3) is 5.56 Å². The van der Waals surface area contributed by atoms with Crippen molar-refractivity contribution in [3.05, 3.63) is 30.6 Å². The molecule has 0 spiro atoms. The predicted molar refractivity (Wildman–Crippen MR) is 67.6 cm³/mol. The van der Waals surface area contributed by atoms with Crippen LogP contribution in [0, 0.1) is 3.57 Å².